The maximum atomic E-state index is 6.04. The zero-order chi connectivity index (χ0) is 10.5. The van der Waals surface area contributed by atoms with Crippen LogP contribution in [0.5, 0.6) is 0 Å². The number of nitrogens with two attached hydrogens (primary N) is 1. The summed E-state index contributed by atoms with van der Waals surface area (Å²) in [6.07, 6.45) is 3.86. The third-order valence-corrected chi connectivity index (χ3v) is 3.57. The van der Waals surface area contributed by atoms with Crippen molar-refractivity contribution in [2.24, 2.45) is 5.73 Å². The molecule has 1 heterocycles. The highest BCUT2D eigenvalue weighted by Crippen LogP contribution is 2.50. The van der Waals surface area contributed by atoms with Crippen molar-refractivity contribution in [3.05, 3.63) is 30.2 Å². The molecule has 1 unspecified atom stereocenters. The molecule has 1 aliphatic carbocycles. The molecular formula is C12H14N2O. The van der Waals surface area contributed by atoms with Crippen molar-refractivity contribution in [1.82, 2.24) is 4.98 Å². The fraction of sp³-hybridized carbons (Fsp3) is 0.417. The summed E-state index contributed by atoms with van der Waals surface area (Å²) in [6.45, 7) is 2.08. The number of nitrogens with zero attached hydrogens (tertiary/aromatic N) is 1. The third-order valence-electron chi connectivity index (χ3n) is 3.57. The first-order valence-corrected chi connectivity index (χ1v) is 5.32. The lowest BCUT2D eigenvalue weighted by Crippen LogP contribution is -2.31. The van der Waals surface area contributed by atoms with Gasteiger partial charge in [-0.3, -0.25) is 0 Å². The second kappa shape index (κ2) is 2.83. The van der Waals surface area contributed by atoms with Gasteiger partial charge in [0.25, 0.3) is 0 Å². The third kappa shape index (κ3) is 1.20. The van der Waals surface area contributed by atoms with Gasteiger partial charge >= 0.3 is 0 Å². The summed E-state index contributed by atoms with van der Waals surface area (Å²) in [4.78, 5) is 4.17. The summed E-state index contributed by atoms with van der Waals surface area (Å²) in [6, 6.07) is 6.42. The molecule has 15 heavy (non-hydrogen) atoms. The van der Waals surface area contributed by atoms with Crippen molar-refractivity contribution >= 4 is 11.1 Å². The molecule has 3 heteroatoms. The van der Waals surface area contributed by atoms with Gasteiger partial charge in [0.05, 0.1) is 0 Å². The van der Waals surface area contributed by atoms with E-state index in [0.717, 1.165) is 11.1 Å². The summed E-state index contributed by atoms with van der Waals surface area (Å²) >= 11 is 0. The minimum Gasteiger partial charge on any atom is -0.443 e. The molecule has 1 aromatic carbocycles. The van der Waals surface area contributed by atoms with Gasteiger partial charge in [0.2, 0.25) is 0 Å². The largest absolute Gasteiger partial charge is 0.443 e. The lowest BCUT2D eigenvalue weighted by Gasteiger charge is -2.19. The van der Waals surface area contributed by atoms with Crippen LogP contribution in [0.1, 0.15) is 25.3 Å². The maximum absolute atomic E-state index is 6.04. The first-order valence-electron chi connectivity index (χ1n) is 5.32. The van der Waals surface area contributed by atoms with Gasteiger partial charge in [0.15, 0.2) is 12.0 Å². The van der Waals surface area contributed by atoms with E-state index in [9.17, 15) is 0 Å². The van der Waals surface area contributed by atoms with E-state index >= 15 is 0 Å². The Morgan fingerprint density at radius 2 is 2.27 bits per heavy atom. The zero-order valence-electron chi connectivity index (χ0n) is 8.73. The molecule has 0 aliphatic heterocycles. The first-order chi connectivity index (χ1) is 7.22. The summed E-state index contributed by atoms with van der Waals surface area (Å²) in [5.41, 5.74) is 9.32. The Hall–Kier alpha value is -1.35. The molecule has 3 nitrogen and oxygen atoms in total. The average Bonchev–Trinajstić information content (AvgIpc) is 2.91. The van der Waals surface area contributed by atoms with Crippen LogP contribution in [-0.2, 0) is 5.41 Å². The Labute approximate surface area is 88.3 Å². The van der Waals surface area contributed by atoms with Crippen molar-refractivity contribution in [3.8, 4) is 0 Å². The molecule has 3 rings (SSSR count). The molecular weight excluding hydrogens is 188 g/mol. The maximum Gasteiger partial charge on any atom is 0.181 e. The molecule has 0 saturated heterocycles. The lowest BCUT2D eigenvalue weighted by atomic mass is 9.89. The van der Waals surface area contributed by atoms with Gasteiger partial charge in [-0.2, -0.15) is 0 Å². The van der Waals surface area contributed by atoms with Crippen LogP contribution in [0.4, 0.5) is 0 Å². The normalized spacial score (nSPS) is 20.4. The van der Waals surface area contributed by atoms with E-state index < -0.39 is 0 Å². The predicted molar refractivity (Wildman–Crippen MR) is 58.6 cm³/mol. The van der Waals surface area contributed by atoms with Crippen molar-refractivity contribution in [2.75, 3.05) is 0 Å². The van der Waals surface area contributed by atoms with Crippen LogP contribution in [0.25, 0.3) is 11.1 Å². The number of hydrogen-bond donors (Lipinski definition) is 1. The quantitative estimate of drug-likeness (QED) is 0.812. The average molecular weight is 202 g/mol. The van der Waals surface area contributed by atoms with Gasteiger partial charge in [-0.25, -0.2) is 4.98 Å². The lowest BCUT2D eigenvalue weighted by molar-refractivity contribution is 0.556. The van der Waals surface area contributed by atoms with Gasteiger partial charge in [0.1, 0.15) is 5.52 Å². The van der Waals surface area contributed by atoms with Crippen LogP contribution >= 0.6 is 0 Å². The van der Waals surface area contributed by atoms with Crippen LogP contribution in [0.2, 0.25) is 0 Å². The summed E-state index contributed by atoms with van der Waals surface area (Å²) in [5.74, 6) is 0. The van der Waals surface area contributed by atoms with E-state index in [1.807, 2.05) is 6.07 Å². The molecule has 1 aliphatic rings. The minimum absolute atomic E-state index is 0.202. The first kappa shape index (κ1) is 8.92. The number of fused-ring (bicyclic) bond motifs is 1. The molecule has 1 atom stereocenters. The van der Waals surface area contributed by atoms with Gasteiger partial charge in [-0.05, 0) is 37.5 Å². The highest BCUT2D eigenvalue weighted by Gasteiger charge is 2.47. The topological polar surface area (TPSA) is 52.0 Å². The van der Waals surface area contributed by atoms with Gasteiger partial charge < -0.3 is 10.2 Å². The Kier molecular flexibility index (Phi) is 1.68. The number of oxazole rings is 1. The molecule has 0 amide bonds. The molecule has 0 spiro atoms. The smallest absolute Gasteiger partial charge is 0.181 e. The highest BCUT2D eigenvalue weighted by molar-refractivity contribution is 5.73. The Balaban J connectivity index is 2.11. The number of hydrogen-bond acceptors (Lipinski definition) is 3. The van der Waals surface area contributed by atoms with Crippen LogP contribution < -0.4 is 5.73 Å². The SMILES string of the molecule is CC(N)C1(c2ccc3ocnc3c2)CC1. The zero-order valence-corrected chi connectivity index (χ0v) is 8.73. The van der Waals surface area contributed by atoms with E-state index in [4.69, 9.17) is 10.2 Å². The van der Waals surface area contributed by atoms with Crippen molar-refractivity contribution in [2.45, 2.75) is 31.2 Å². The van der Waals surface area contributed by atoms with E-state index in [0.29, 0.717) is 0 Å². The number of aromatic nitrogens is 1. The van der Waals surface area contributed by atoms with Crippen LogP contribution in [0.3, 0.4) is 0 Å². The van der Waals surface area contributed by atoms with Crippen molar-refractivity contribution < 1.29 is 4.42 Å². The van der Waals surface area contributed by atoms with Crippen LogP contribution in [0, 0.1) is 0 Å². The Morgan fingerprint density at radius 3 is 2.93 bits per heavy atom. The molecule has 2 aromatic rings. The number of rotatable bonds is 2. The molecule has 1 saturated carbocycles. The van der Waals surface area contributed by atoms with Gasteiger partial charge in [-0.15, -0.1) is 0 Å². The van der Waals surface area contributed by atoms with E-state index in [1.54, 1.807) is 0 Å². The number of benzene rings is 1. The van der Waals surface area contributed by atoms with E-state index in [1.165, 1.54) is 24.8 Å². The highest BCUT2D eigenvalue weighted by atomic mass is 16.3. The van der Waals surface area contributed by atoms with Gasteiger partial charge in [0, 0.05) is 11.5 Å². The van der Waals surface area contributed by atoms with Crippen LogP contribution in [-0.4, -0.2) is 11.0 Å². The Morgan fingerprint density at radius 1 is 1.47 bits per heavy atom. The molecule has 2 N–H and O–H groups in total. The molecule has 1 aromatic heterocycles. The fourth-order valence-corrected chi connectivity index (χ4v) is 2.31. The minimum atomic E-state index is 0.202. The second-order valence-corrected chi connectivity index (χ2v) is 4.48. The molecule has 0 bridgehead atoms. The molecule has 78 valence electrons. The monoisotopic (exact) mass is 202 g/mol. The Bertz CT molecular complexity index is 497. The molecule has 1 fully saturated rings. The summed E-state index contributed by atoms with van der Waals surface area (Å²) < 4.78 is 5.22. The molecule has 0 radical (unpaired) electrons. The van der Waals surface area contributed by atoms with E-state index in [2.05, 4.69) is 24.0 Å². The van der Waals surface area contributed by atoms with Gasteiger partial charge in [-0.1, -0.05) is 6.07 Å². The van der Waals surface area contributed by atoms with Crippen LogP contribution in [0.15, 0.2) is 29.0 Å². The fourth-order valence-electron chi connectivity index (χ4n) is 2.31. The van der Waals surface area contributed by atoms with E-state index in [-0.39, 0.29) is 11.5 Å². The van der Waals surface area contributed by atoms with Crippen molar-refractivity contribution in [1.29, 1.82) is 0 Å². The predicted octanol–water partition coefficient (Wildman–Crippen LogP) is 2.21. The summed E-state index contributed by atoms with van der Waals surface area (Å²) in [7, 11) is 0. The second-order valence-electron chi connectivity index (χ2n) is 4.48. The summed E-state index contributed by atoms with van der Waals surface area (Å²) in [5, 5.41) is 0. The van der Waals surface area contributed by atoms with Crippen molar-refractivity contribution in [3.63, 3.8) is 0 Å². The standard InChI is InChI=1S/C12H14N2O/c1-8(13)12(4-5-12)9-2-3-11-10(6-9)14-7-15-11/h2-3,6-8H,4-5,13H2,1H3.